The number of aryl methyl sites for hydroxylation is 2. The van der Waals surface area contributed by atoms with Crippen molar-refractivity contribution in [1.82, 2.24) is 30.0 Å². The summed E-state index contributed by atoms with van der Waals surface area (Å²) < 4.78 is 6.53. The lowest BCUT2D eigenvalue weighted by Gasteiger charge is -2.29. The molecule has 1 aliphatic rings. The number of hydrogen-bond acceptors (Lipinski definition) is 7. The normalized spacial score (nSPS) is 19.6. The van der Waals surface area contributed by atoms with Gasteiger partial charge in [0.1, 0.15) is 24.4 Å². The molecular weight excluding hydrogens is 528 g/mol. The number of likely N-dealkylation sites (N-methyl/N-ethyl adjacent to an activating group) is 1. The summed E-state index contributed by atoms with van der Waals surface area (Å²) in [6.07, 6.45) is 1.15. The molecule has 2 aromatic rings. The van der Waals surface area contributed by atoms with E-state index in [1.54, 1.807) is 58.0 Å². The highest BCUT2D eigenvalue weighted by Gasteiger charge is 2.30. The molecule has 222 valence electrons. The highest BCUT2D eigenvalue weighted by molar-refractivity contribution is 5.92. The monoisotopic (exact) mass is 568 g/mol. The molecule has 0 unspecified atom stereocenters. The minimum atomic E-state index is -0.886. The van der Waals surface area contributed by atoms with Gasteiger partial charge in [0.25, 0.3) is 0 Å². The zero-order chi connectivity index (χ0) is 30.1. The molecule has 41 heavy (non-hydrogen) atoms. The Morgan fingerprint density at radius 1 is 1.07 bits per heavy atom. The molecule has 3 rings (SSSR count). The molecule has 12 heteroatoms. The van der Waals surface area contributed by atoms with Crippen molar-refractivity contribution in [2.45, 2.75) is 65.1 Å². The number of carbonyl (C=O) groups is 4. The number of rotatable bonds is 5. The van der Waals surface area contributed by atoms with Gasteiger partial charge < -0.3 is 25.2 Å². The van der Waals surface area contributed by atoms with E-state index in [2.05, 4.69) is 15.6 Å². The van der Waals surface area contributed by atoms with Crippen LogP contribution in [0, 0.1) is 13.8 Å². The fourth-order valence-electron chi connectivity index (χ4n) is 4.70. The molecule has 2 heterocycles. The Labute approximate surface area is 240 Å². The molecule has 1 aromatic carbocycles. The highest BCUT2D eigenvalue weighted by atomic mass is 16.5. The molecule has 4 amide bonds. The maximum absolute atomic E-state index is 13.4. The molecule has 1 aromatic heterocycles. The summed E-state index contributed by atoms with van der Waals surface area (Å²) in [5.41, 5.74) is 1.54. The van der Waals surface area contributed by atoms with Crippen molar-refractivity contribution < 1.29 is 23.9 Å². The van der Waals surface area contributed by atoms with Crippen LogP contribution in [0.15, 0.2) is 35.1 Å². The number of nitrogens with one attached hydrogen (secondary N) is 2. The first-order valence-corrected chi connectivity index (χ1v) is 13.8. The van der Waals surface area contributed by atoms with Crippen molar-refractivity contribution in [2.24, 2.45) is 0 Å². The van der Waals surface area contributed by atoms with Crippen LogP contribution in [0.25, 0.3) is 0 Å². The fraction of sp³-hybridized carbons (Fsp3) is 0.517. The van der Waals surface area contributed by atoms with Gasteiger partial charge in [-0.2, -0.15) is 4.98 Å². The second-order valence-corrected chi connectivity index (χ2v) is 10.3. The predicted octanol–water partition coefficient (Wildman–Crippen LogP) is 0.572. The molecule has 1 saturated heterocycles. The molecule has 2 atom stereocenters. The first-order chi connectivity index (χ1) is 19.5. The topological polar surface area (TPSA) is 143 Å². The van der Waals surface area contributed by atoms with Gasteiger partial charge in [-0.3, -0.25) is 23.7 Å². The second kappa shape index (κ2) is 14.4. The third-order valence-electron chi connectivity index (χ3n) is 7.27. The van der Waals surface area contributed by atoms with Gasteiger partial charge in [-0.25, -0.2) is 4.79 Å². The van der Waals surface area contributed by atoms with Gasteiger partial charge in [-0.05, 0) is 57.4 Å². The number of ether oxygens (including phenoxy) is 1. The van der Waals surface area contributed by atoms with E-state index in [0.29, 0.717) is 43.1 Å². The van der Waals surface area contributed by atoms with E-state index in [4.69, 9.17) is 4.74 Å². The van der Waals surface area contributed by atoms with Crippen LogP contribution < -0.4 is 21.1 Å². The summed E-state index contributed by atoms with van der Waals surface area (Å²) in [5, 5.41) is 5.67. The van der Waals surface area contributed by atoms with E-state index in [-0.39, 0.29) is 49.6 Å². The van der Waals surface area contributed by atoms with Crippen LogP contribution in [0.5, 0.6) is 5.75 Å². The lowest BCUT2D eigenvalue weighted by atomic mass is 10.0. The molecule has 0 spiro atoms. The van der Waals surface area contributed by atoms with E-state index in [1.165, 1.54) is 9.47 Å². The van der Waals surface area contributed by atoms with Gasteiger partial charge in [0, 0.05) is 50.9 Å². The first-order valence-electron chi connectivity index (χ1n) is 13.8. The number of aromatic nitrogens is 2. The van der Waals surface area contributed by atoms with E-state index in [0.717, 1.165) is 5.56 Å². The van der Waals surface area contributed by atoms with Gasteiger partial charge >= 0.3 is 5.69 Å². The lowest BCUT2D eigenvalue weighted by molar-refractivity contribution is -0.141. The van der Waals surface area contributed by atoms with E-state index in [1.807, 2.05) is 12.1 Å². The van der Waals surface area contributed by atoms with Crippen molar-refractivity contribution in [3.8, 4) is 5.75 Å². The number of carbonyl (C=O) groups excluding carboxylic acids is 4. The Morgan fingerprint density at radius 3 is 2.41 bits per heavy atom. The Bertz CT molecular complexity index is 1310. The number of amides is 4. The van der Waals surface area contributed by atoms with Crippen molar-refractivity contribution >= 4 is 23.6 Å². The maximum Gasteiger partial charge on any atom is 0.348 e. The Kier molecular flexibility index (Phi) is 11.0. The number of nitrogens with zero attached hydrogens (tertiary/aromatic N) is 4. The highest BCUT2D eigenvalue weighted by Crippen LogP contribution is 2.14. The van der Waals surface area contributed by atoms with Gasteiger partial charge in [0.15, 0.2) is 0 Å². The smallest absolute Gasteiger partial charge is 0.348 e. The summed E-state index contributed by atoms with van der Waals surface area (Å²) in [6.45, 7) is 5.83. The van der Waals surface area contributed by atoms with Crippen LogP contribution in [0.1, 0.15) is 43.1 Å². The van der Waals surface area contributed by atoms with Crippen molar-refractivity contribution in [3.63, 3.8) is 0 Å². The van der Waals surface area contributed by atoms with Crippen molar-refractivity contribution in [2.75, 3.05) is 33.8 Å². The van der Waals surface area contributed by atoms with Crippen LogP contribution in [0.2, 0.25) is 0 Å². The Morgan fingerprint density at radius 2 is 1.76 bits per heavy atom. The largest absolute Gasteiger partial charge is 0.497 e. The molecular formula is C29H40N6O6. The van der Waals surface area contributed by atoms with Gasteiger partial charge in [0.05, 0.1) is 7.11 Å². The van der Waals surface area contributed by atoms with Gasteiger partial charge in [-0.15, -0.1) is 0 Å². The summed E-state index contributed by atoms with van der Waals surface area (Å²) in [6, 6.07) is 7.28. The molecule has 0 saturated carbocycles. The standard InChI is InChI=1S/C29H40N6O6/c1-19-16-20(2)35(29(40)31-19)18-26(37)34-14-6-8-25(36)32-24(17-22-9-11-23(41-5)12-10-22)28(39)33(4)21(3)27(38)30-13-7-15-34/h9-12,16,21,24H,6-8,13-15,17-18H2,1-5H3,(H,30,38)(H,32,36)/t21-,24-/m0/s1. The third-order valence-corrected chi connectivity index (χ3v) is 7.27. The molecule has 0 bridgehead atoms. The number of benzene rings is 1. The van der Waals surface area contributed by atoms with E-state index in [9.17, 15) is 24.0 Å². The predicted molar refractivity (Wildman–Crippen MR) is 152 cm³/mol. The van der Waals surface area contributed by atoms with E-state index >= 15 is 0 Å². The van der Waals surface area contributed by atoms with Crippen LogP contribution in [-0.4, -0.2) is 88.9 Å². The van der Waals surface area contributed by atoms with Gasteiger partial charge in [0.2, 0.25) is 23.6 Å². The molecule has 2 N–H and O–H groups in total. The number of hydrogen-bond donors (Lipinski definition) is 2. The quantitative estimate of drug-likeness (QED) is 0.537. The van der Waals surface area contributed by atoms with Crippen LogP contribution in [0.3, 0.4) is 0 Å². The fourth-order valence-corrected chi connectivity index (χ4v) is 4.70. The summed E-state index contributed by atoms with van der Waals surface area (Å²) in [5.74, 6) is -0.657. The Balaban J connectivity index is 1.77. The number of methoxy groups -OCH3 is 1. The molecule has 1 aliphatic heterocycles. The molecule has 1 fully saturated rings. The lowest BCUT2D eigenvalue weighted by Crippen LogP contribution is -2.54. The van der Waals surface area contributed by atoms with Crippen molar-refractivity contribution in [1.29, 1.82) is 0 Å². The van der Waals surface area contributed by atoms with Gasteiger partial charge in [-0.1, -0.05) is 12.1 Å². The molecule has 0 radical (unpaired) electrons. The van der Waals surface area contributed by atoms with E-state index < -0.39 is 17.8 Å². The Hall–Kier alpha value is -4.22. The average Bonchev–Trinajstić information content (AvgIpc) is 2.94. The third kappa shape index (κ3) is 8.63. The van der Waals surface area contributed by atoms with Crippen LogP contribution in [0.4, 0.5) is 0 Å². The van der Waals surface area contributed by atoms with Crippen LogP contribution >= 0.6 is 0 Å². The minimum Gasteiger partial charge on any atom is -0.497 e. The summed E-state index contributed by atoms with van der Waals surface area (Å²) in [7, 11) is 3.11. The van der Waals surface area contributed by atoms with Crippen molar-refractivity contribution in [3.05, 3.63) is 57.8 Å². The first kappa shape index (κ1) is 31.3. The van der Waals surface area contributed by atoms with Crippen LogP contribution in [-0.2, 0) is 32.1 Å². The zero-order valence-corrected chi connectivity index (χ0v) is 24.4. The minimum absolute atomic E-state index is 0.0949. The summed E-state index contributed by atoms with van der Waals surface area (Å²) >= 11 is 0. The molecule has 12 nitrogen and oxygen atoms in total. The average molecular weight is 569 g/mol. The second-order valence-electron chi connectivity index (χ2n) is 10.3. The molecule has 0 aliphatic carbocycles. The summed E-state index contributed by atoms with van der Waals surface area (Å²) in [4.78, 5) is 71.7. The zero-order valence-electron chi connectivity index (χ0n) is 24.4. The SMILES string of the molecule is COc1ccc(C[C@@H]2NC(=O)CCCN(C(=O)Cn3c(C)cc(C)nc3=O)CCCNC(=O)[C@H](C)N(C)C2=O)cc1. The maximum atomic E-state index is 13.4.